The van der Waals surface area contributed by atoms with Crippen molar-refractivity contribution in [3.05, 3.63) is 49.5 Å². The zero-order chi connectivity index (χ0) is 15.7. The average Bonchev–Trinajstić information content (AvgIpc) is 3.10. The summed E-state index contributed by atoms with van der Waals surface area (Å²) in [4.78, 5) is 31.2. The molecule has 0 aliphatic heterocycles. The van der Waals surface area contributed by atoms with Crippen molar-refractivity contribution in [3.63, 3.8) is 0 Å². The molecule has 114 valence electrons. The molecule has 3 heterocycles. The molecule has 0 bridgehead atoms. The Bertz CT molecular complexity index is 892. The molecule has 0 aliphatic rings. The summed E-state index contributed by atoms with van der Waals surface area (Å²) >= 11 is 2.85. The first kappa shape index (κ1) is 14.9. The van der Waals surface area contributed by atoms with Crippen molar-refractivity contribution in [1.82, 2.24) is 9.66 Å². The molecule has 5 nitrogen and oxygen atoms in total. The van der Waals surface area contributed by atoms with Crippen LogP contribution in [0, 0.1) is 6.92 Å². The fraction of sp³-hybridized carbons (Fsp3) is 0.267. The number of nitrogens with zero attached hydrogens (tertiary/aromatic N) is 2. The van der Waals surface area contributed by atoms with Gasteiger partial charge < -0.3 is 0 Å². The van der Waals surface area contributed by atoms with Gasteiger partial charge in [-0.05, 0) is 36.4 Å². The van der Waals surface area contributed by atoms with Crippen LogP contribution in [0.15, 0.2) is 28.6 Å². The van der Waals surface area contributed by atoms with E-state index in [4.69, 9.17) is 0 Å². The number of fused-ring (bicyclic) bond motifs is 1. The molecule has 0 saturated heterocycles. The van der Waals surface area contributed by atoms with Gasteiger partial charge in [-0.1, -0.05) is 13.3 Å². The highest BCUT2D eigenvalue weighted by Crippen LogP contribution is 2.23. The van der Waals surface area contributed by atoms with E-state index in [0.717, 1.165) is 22.4 Å². The first-order valence-electron chi connectivity index (χ1n) is 6.95. The lowest BCUT2D eigenvalue weighted by Gasteiger charge is -2.05. The molecule has 3 rings (SSSR count). The predicted molar refractivity (Wildman–Crippen MR) is 90.6 cm³/mol. The minimum absolute atomic E-state index is 0.262. The maximum absolute atomic E-state index is 12.3. The second kappa shape index (κ2) is 6.02. The van der Waals surface area contributed by atoms with Crippen molar-refractivity contribution in [3.8, 4) is 0 Å². The molecule has 0 atom stereocenters. The second-order valence-electron chi connectivity index (χ2n) is 4.94. The zero-order valence-electron chi connectivity index (χ0n) is 12.3. The third-order valence-electron chi connectivity index (χ3n) is 3.37. The third-order valence-corrected chi connectivity index (χ3v) is 5.28. The lowest BCUT2D eigenvalue weighted by molar-refractivity contribution is 0.101. The van der Waals surface area contributed by atoms with E-state index in [1.54, 1.807) is 6.07 Å². The summed E-state index contributed by atoms with van der Waals surface area (Å²) in [6, 6.07) is 3.62. The molecule has 1 amide bonds. The summed E-state index contributed by atoms with van der Waals surface area (Å²) in [5.41, 5.74) is 3.54. The fourth-order valence-corrected chi connectivity index (χ4v) is 3.93. The molecule has 1 N–H and O–H groups in total. The summed E-state index contributed by atoms with van der Waals surface area (Å²) in [5.74, 6) is -0.283. The summed E-state index contributed by atoms with van der Waals surface area (Å²) < 4.78 is 1.14. The Labute approximate surface area is 135 Å². The van der Waals surface area contributed by atoms with Crippen LogP contribution in [0.2, 0.25) is 0 Å². The number of carbonyl (C=O) groups excluding carboxylic acids is 1. The molecular formula is C15H15N3O2S2. The molecule has 0 unspecified atom stereocenters. The van der Waals surface area contributed by atoms with E-state index >= 15 is 0 Å². The number of aryl methyl sites for hydroxylation is 2. The van der Waals surface area contributed by atoms with Crippen molar-refractivity contribution in [2.45, 2.75) is 26.7 Å². The molecule has 0 spiro atoms. The molecule has 3 aromatic rings. The van der Waals surface area contributed by atoms with Crippen molar-refractivity contribution < 1.29 is 4.79 Å². The van der Waals surface area contributed by atoms with Gasteiger partial charge in [0.25, 0.3) is 11.5 Å². The number of carbonyl (C=O) groups is 1. The van der Waals surface area contributed by atoms with Gasteiger partial charge in [0.1, 0.15) is 11.2 Å². The lowest BCUT2D eigenvalue weighted by Crippen LogP contribution is -2.32. The monoisotopic (exact) mass is 333 g/mol. The topological polar surface area (TPSA) is 64.0 Å². The minimum atomic E-state index is -0.283. The highest BCUT2D eigenvalue weighted by atomic mass is 32.1. The van der Waals surface area contributed by atoms with E-state index < -0.39 is 0 Å². The number of aromatic nitrogens is 2. The molecular weight excluding hydrogens is 318 g/mol. The van der Waals surface area contributed by atoms with Gasteiger partial charge in [0.05, 0.1) is 10.3 Å². The van der Waals surface area contributed by atoms with Gasteiger partial charge in [-0.15, -0.1) is 22.7 Å². The van der Waals surface area contributed by atoms with Crippen LogP contribution in [-0.4, -0.2) is 15.6 Å². The number of amides is 1. The summed E-state index contributed by atoms with van der Waals surface area (Å²) in [7, 11) is 0. The van der Waals surface area contributed by atoms with Crippen molar-refractivity contribution in [1.29, 1.82) is 0 Å². The maximum Gasteiger partial charge on any atom is 0.280 e. The Hall–Kier alpha value is -1.99. The van der Waals surface area contributed by atoms with Crippen molar-refractivity contribution in [2.24, 2.45) is 0 Å². The molecule has 22 heavy (non-hydrogen) atoms. The number of nitrogens with one attached hydrogen (secondary N) is 1. The minimum Gasteiger partial charge on any atom is -0.267 e. The van der Waals surface area contributed by atoms with E-state index in [1.807, 2.05) is 18.4 Å². The molecule has 0 saturated carbocycles. The SMILES string of the molecule is CCCc1cc(C(=O)Nn2cnc3sccc3c2=O)sc1C. The van der Waals surface area contributed by atoms with E-state index in [-0.39, 0.29) is 11.5 Å². The molecule has 3 aromatic heterocycles. The lowest BCUT2D eigenvalue weighted by atomic mass is 10.1. The van der Waals surface area contributed by atoms with E-state index in [2.05, 4.69) is 17.3 Å². The van der Waals surface area contributed by atoms with Gasteiger partial charge in [0.2, 0.25) is 0 Å². The molecule has 0 fully saturated rings. The van der Waals surface area contributed by atoms with Crippen LogP contribution in [0.1, 0.15) is 33.5 Å². The Morgan fingerprint density at radius 1 is 1.45 bits per heavy atom. The van der Waals surface area contributed by atoms with Crippen LogP contribution >= 0.6 is 22.7 Å². The third kappa shape index (κ3) is 2.69. The second-order valence-corrected chi connectivity index (χ2v) is 7.09. The van der Waals surface area contributed by atoms with Crippen molar-refractivity contribution in [2.75, 3.05) is 5.43 Å². The normalized spacial score (nSPS) is 11.0. The molecule has 0 radical (unpaired) electrons. The van der Waals surface area contributed by atoms with E-state index in [9.17, 15) is 9.59 Å². The number of hydrogen-bond acceptors (Lipinski definition) is 5. The Morgan fingerprint density at radius 3 is 3.05 bits per heavy atom. The van der Waals surface area contributed by atoms with Crippen LogP contribution in [0.3, 0.4) is 0 Å². The summed E-state index contributed by atoms with van der Waals surface area (Å²) in [5, 5.41) is 2.33. The number of hydrogen-bond donors (Lipinski definition) is 1. The van der Waals surface area contributed by atoms with E-state index in [0.29, 0.717) is 15.1 Å². The average molecular weight is 333 g/mol. The van der Waals surface area contributed by atoms with Crippen LogP contribution in [-0.2, 0) is 6.42 Å². The van der Waals surface area contributed by atoms with Gasteiger partial charge in [-0.25, -0.2) is 9.66 Å². The Kier molecular flexibility index (Phi) is 4.08. The number of rotatable bonds is 4. The first-order chi connectivity index (χ1) is 10.6. The molecule has 0 aliphatic carbocycles. The quantitative estimate of drug-likeness (QED) is 0.797. The largest absolute Gasteiger partial charge is 0.280 e. The zero-order valence-corrected chi connectivity index (χ0v) is 13.9. The number of thiophene rings is 2. The predicted octanol–water partition coefficient (Wildman–Crippen LogP) is 3.16. The van der Waals surface area contributed by atoms with E-state index in [1.165, 1.54) is 34.6 Å². The Morgan fingerprint density at radius 2 is 2.27 bits per heavy atom. The van der Waals surface area contributed by atoms with Gasteiger partial charge in [0, 0.05) is 4.88 Å². The van der Waals surface area contributed by atoms with Crippen molar-refractivity contribution >= 4 is 38.8 Å². The van der Waals surface area contributed by atoms with Gasteiger partial charge in [0.15, 0.2) is 0 Å². The highest BCUT2D eigenvalue weighted by Gasteiger charge is 2.14. The van der Waals surface area contributed by atoms with Crippen LogP contribution in [0.5, 0.6) is 0 Å². The summed E-state index contributed by atoms with van der Waals surface area (Å²) in [6.45, 7) is 4.12. The van der Waals surface area contributed by atoms with Gasteiger partial charge in [-0.3, -0.25) is 15.0 Å². The maximum atomic E-state index is 12.3. The van der Waals surface area contributed by atoms with Crippen LogP contribution in [0.25, 0.3) is 10.2 Å². The van der Waals surface area contributed by atoms with Gasteiger partial charge >= 0.3 is 0 Å². The fourth-order valence-electron chi connectivity index (χ4n) is 2.25. The molecule has 0 aromatic carbocycles. The molecule has 7 heteroatoms. The van der Waals surface area contributed by atoms with Crippen LogP contribution in [0.4, 0.5) is 0 Å². The summed E-state index contributed by atoms with van der Waals surface area (Å²) in [6.07, 6.45) is 3.35. The standard InChI is InChI=1S/C15H15N3O2S2/c1-3-4-10-7-12(22-9(10)2)13(19)17-18-8-16-14-11(15(18)20)5-6-21-14/h5-8H,3-4H2,1-2H3,(H,17,19). The smallest absolute Gasteiger partial charge is 0.267 e. The Balaban J connectivity index is 1.88. The van der Waals surface area contributed by atoms with Crippen LogP contribution < -0.4 is 11.0 Å². The highest BCUT2D eigenvalue weighted by molar-refractivity contribution is 7.16. The first-order valence-corrected chi connectivity index (χ1v) is 8.65. The van der Waals surface area contributed by atoms with Gasteiger partial charge in [-0.2, -0.15) is 0 Å².